The van der Waals surface area contributed by atoms with Gasteiger partial charge < -0.3 is 4.90 Å². The standard InChI is InChI=1S/C33H29F2N3O2/c1-3-20-37(30(39)21-23-12-14-25(15-13-23)24-8-5-4-6-9-24)22(2)32-36-29-11-7-10-28(35)31(29)33(40)38(32)27-18-16-26(34)17-19-27/h4-19,22H,3,20-21H2,1-2H3. The number of aromatic nitrogens is 2. The van der Waals surface area contributed by atoms with E-state index in [1.165, 1.54) is 41.0 Å². The van der Waals surface area contributed by atoms with E-state index in [-0.39, 0.29) is 29.1 Å². The van der Waals surface area contributed by atoms with E-state index in [9.17, 15) is 18.4 Å². The van der Waals surface area contributed by atoms with Gasteiger partial charge in [0.25, 0.3) is 5.56 Å². The van der Waals surface area contributed by atoms with Crippen LogP contribution in [0.4, 0.5) is 8.78 Å². The highest BCUT2D eigenvalue weighted by molar-refractivity contribution is 5.81. The SMILES string of the molecule is CCCN(C(=O)Cc1ccc(-c2ccccc2)cc1)C(C)c1nc2cccc(F)c2c(=O)n1-c1ccc(F)cc1. The van der Waals surface area contributed by atoms with Gasteiger partial charge in [-0.15, -0.1) is 0 Å². The fourth-order valence-electron chi connectivity index (χ4n) is 4.96. The van der Waals surface area contributed by atoms with E-state index < -0.39 is 23.2 Å². The molecule has 1 amide bonds. The number of amides is 1. The molecule has 0 N–H and O–H groups in total. The molecule has 1 heterocycles. The first-order chi connectivity index (χ1) is 19.4. The molecule has 202 valence electrons. The molecular formula is C33H29F2N3O2. The van der Waals surface area contributed by atoms with Crippen LogP contribution in [0.3, 0.4) is 0 Å². The smallest absolute Gasteiger partial charge is 0.269 e. The van der Waals surface area contributed by atoms with Crippen LogP contribution in [0.2, 0.25) is 0 Å². The van der Waals surface area contributed by atoms with Crippen molar-refractivity contribution in [2.75, 3.05) is 6.54 Å². The molecule has 0 aliphatic heterocycles. The van der Waals surface area contributed by atoms with Gasteiger partial charge in [-0.05, 0) is 66.4 Å². The number of fused-ring (bicyclic) bond motifs is 1. The fourth-order valence-corrected chi connectivity index (χ4v) is 4.96. The molecule has 1 atom stereocenters. The minimum absolute atomic E-state index is 0.124. The Kier molecular flexibility index (Phi) is 7.82. The maximum atomic E-state index is 14.7. The van der Waals surface area contributed by atoms with E-state index in [1.807, 2.05) is 61.5 Å². The van der Waals surface area contributed by atoms with Crippen LogP contribution in [0.1, 0.15) is 37.7 Å². The predicted octanol–water partition coefficient (Wildman–Crippen LogP) is 6.87. The lowest BCUT2D eigenvalue weighted by molar-refractivity contribution is -0.132. The second-order valence-electron chi connectivity index (χ2n) is 9.72. The van der Waals surface area contributed by atoms with Gasteiger partial charge >= 0.3 is 0 Å². The monoisotopic (exact) mass is 537 g/mol. The normalized spacial score (nSPS) is 11.9. The molecule has 0 aliphatic rings. The number of benzene rings is 4. The average molecular weight is 538 g/mol. The molecule has 5 aromatic rings. The summed E-state index contributed by atoms with van der Waals surface area (Å²) in [6, 6.07) is 26.9. The van der Waals surface area contributed by atoms with Crippen molar-refractivity contribution in [3.8, 4) is 16.8 Å². The van der Waals surface area contributed by atoms with Crippen LogP contribution in [0.15, 0.2) is 102 Å². The van der Waals surface area contributed by atoms with Crippen LogP contribution in [0.5, 0.6) is 0 Å². The van der Waals surface area contributed by atoms with E-state index >= 15 is 0 Å². The van der Waals surface area contributed by atoms with Gasteiger partial charge in [-0.3, -0.25) is 14.2 Å². The number of rotatable bonds is 8. The van der Waals surface area contributed by atoms with Crippen molar-refractivity contribution in [3.05, 3.63) is 130 Å². The van der Waals surface area contributed by atoms with Gasteiger partial charge in [-0.25, -0.2) is 13.8 Å². The Morgan fingerprint density at radius 1 is 0.875 bits per heavy atom. The summed E-state index contributed by atoms with van der Waals surface area (Å²) in [6.07, 6.45) is 0.856. The summed E-state index contributed by atoms with van der Waals surface area (Å²) in [5.74, 6) is -1.00. The Hall–Kier alpha value is -4.65. The highest BCUT2D eigenvalue weighted by Gasteiger charge is 2.27. The molecule has 5 nitrogen and oxygen atoms in total. The lowest BCUT2D eigenvalue weighted by Crippen LogP contribution is -2.38. The van der Waals surface area contributed by atoms with Gasteiger partial charge in [0.2, 0.25) is 5.91 Å². The molecule has 0 bridgehead atoms. The summed E-state index contributed by atoms with van der Waals surface area (Å²) in [6.45, 7) is 4.21. The molecule has 0 fully saturated rings. The quantitative estimate of drug-likeness (QED) is 0.217. The molecule has 0 saturated heterocycles. The third kappa shape index (κ3) is 5.41. The van der Waals surface area contributed by atoms with E-state index in [4.69, 9.17) is 0 Å². The zero-order valence-corrected chi connectivity index (χ0v) is 22.4. The summed E-state index contributed by atoms with van der Waals surface area (Å²) in [7, 11) is 0. The van der Waals surface area contributed by atoms with Crippen molar-refractivity contribution in [2.45, 2.75) is 32.7 Å². The highest BCUT2D eigenvalue weighted by atomic mass is 19.1. The number of hydrogen-bond donors (Lipinski definition) is 0. The van der Waals surface area contributed by atoms with Crippen molar-refractivity contribution < 1.29 is 13.6 Å². The fraction of sp³-hybridized carbons (Fsp3) is 0.182. The maximum absolute atomic E-state index is 14.7. The van der Waals surface area contributed by atoms with Crippen LogP contribution >= 0.6 is 0 Å². The molecule has 7 heteroatoms. The Balaban J connectivity index is 1.52. The summed E-state index contributed by atoms with van der Waals surface area (Å²) >= 11 is 0. The first kappa shape index (κ1) is 26.9. The lowest BCUT2D eigenvalue weighted by Gasteiger charge is -2.30. The second-order valence-corrected chi connectivity index (χ2v) is 9.72. The van der Waals surface area contributed by atoms with E-state index in [2.05, 4.69) is 4.98 Å². The van der Waals surface area contributed by atoms with Crippen LogP contribution in [-0.4, -0.2) is 26.9 Å². The molecule has 4 aromatic carbocycles. The molecule has 1 aromatic heterocycles. The molecule has 5 rings (SSSR count). The first-order valence-electron chi connectivity index (χ1n) is 13.3. The van der Waals surface area contributed by atoms with Gasteiger partial charge in [-0.2, -0.15) is 0 Å². The molecule has 0 radical (unpaired) electrons. The summed E-state index contributed by atoms with van der Waals surface area (Å²) in [4.78, 5) is 33.7. The van der Waals surface area contributed by atoms with Crippen molar-refractivity contribution in [3.63, 3.8) is 0 Å². The van der Waals surface area contributed by atoms with Gasteiger partial charge in [0.15, 0.2) is 0 Å². The van der Waals surface area contributed by atoms with Gasteiger partial charge in [0, 0.05) is 6.54 Å². The third-order valence-corrected chi connectivity index (χ3v) is 7.00. The van der Waals surface area contributed by atoms with Crippen molar-refractivity contribution >= 4 is 16.8 Å². The van der Waals surface area contributed by atoms with Crippen molar-refractivity contribution in [1.29, 1.82) is 0 Å². The van der Waals surface area contributed by atoms with Gasteiger partial charge in [-0.1, -0.05) is 67.6 Å². The van der Waals surface area contributed by atoms with E-state index in [0.29, 0.717) is 18.7 Å². The topological polar surface area (TPSA) is 55.2 Å². The highest BCUT2D eigenvalue weighted by Crippen LogP contribution is 2.26. The zero-order chi connectivity index (χ0) is 28.2. The number of nitrogens with zero attached hydrogens (tertiary/aromatic N) is 3. The molecule has 0 spiro atoms. The molecule has 40 heavy (non-hydrogen) atoms. The summed E-state index contributed by atoms with van der Waals surface area (Å²) < 4.78 is 29.8. The average Bonchev–Trinajstić information content (AvgIpc) is 2.97. The molecule has 0 aliphatic carbocycles. The van der Waals surface area contributed by atoms with Crippen molar-refractivity contribution in [2.24, 2.45) is 0 Å². The van der Waals surface area contributed by atoms with Crippen LogP contribution in [0.25, 0.3) is 27.7 Å². The molecular weight excluding hydrogens is 508 g/mol. The van der Waals surface area contributed by atoms with Gasteiger partial charge in [0.1, 0.15) is 22.8 Å². The van der Waals surface area contributed by atoms with Gasteiger partial charge in [0.05, 0.1) is 23.7 Å². The number of halogens is 2. The largest absolute Gasteiger partial charge is 0.332 e. The van der Waals surface area contributed by atoms with Crippen molar-refractivity contribution in [1.82, 2.24) is 14.5 Å². The minimum atomic E-state index is -0.689. The Bertz CT molecular complexity index is 1700. The summed E-state index contributed by atoms with van der Waals surface area (Å²) in [5, 5.41) is -0.158. The Morgan fingerprint density at radius 2 is 1.55 bits per heavy atom. The maximum Gasteiger partial charge on any atom is 0.269 e. The lowest BCUT2D eigenvalue weighted by atomic mass is 10.0. The molecule has 0 saturated carbocycles. The van der Waals surface area contributed by atoms with Crippen LogP contribution in [-0.2, 0) is 11.2 Å². The first-order valence-corrected chi connectivity index (χ1v) is 13.3. The van der Waals surface area contributed by atoms with E-state index in [0.717, 1.165) is 16.7 Å². The Labute approximate surface area is 231 Å². The Morgan fingerprint density at radius 3 is 2.23 bits per heavy atom. The second kappa shape index (κ2) is 11.6. The predicted molar refractivity (Wildman–Crippen MR) is 153 cm³/mol. The number of hydrogen-bond acceptors (Lipinski definition) is 3. The van der Waals surface area contributed by atoms with Crippen LogP contribution < -0.4 is 5.56 Å². The number of carbonyl (C=O) groups is 1. The van der Waals surface area contributed by atoms with E-state index in [1.54, 1.807) is 17.9 Å². The number of carbonyl (C=O) groups excluding carboxylic acids is 1. The van der Waals surface area contributed by atoms with Crippen LogP contribution in [0, 0.1) is 11.6 Å². The summed E-state index contributed by atoms with van der Waals surface area (Å²) in [5.41, 5.74) is 2.95. The third-order valence-electron chi connectivity index (χ3n) is 7.00. The minimum Gasteiger partial charge on any atom is -0.332 e. The zero-order valence-electron chi connectivity index (χ0n) is 22.4. The molecule has 1 unspecified atom stereocenters.